The first kappa shape index (κ1) is 14.6. The van der Waals surface area contributed by atoms with Gasteiger partial charge in [-0.05, 0) is 25.1 Å². The monoisotopic (exact) mass is 280 g/mol. The predicted octanol–water partition coefficient (Wildman–Crippen LogP) is 0.158. The molecule has 1 heterocycles. The molecule has 0 spiro atoms. The standard InChI is InChI=1S/C14H20N2O4/c1-19-10-3-4-11(12(7-10)20-2)13(17)16-9-14(18)5-6-15-8-14/h3-4,7,15,18H,5-6,8-9H2,1-2H3,(H,16,17). The molecule has 3 N–H and O–H groups in total. The van der Waals surface area contributed by atoms with E-state index in [1.807, 2.05) is 0 Å². The molecule has 1 aliphatic rings. The maximum absolute atomic E-state index is 12.2. The highest BCUT2D eigenvalue weighted by Crippen LogP contribution is 2.24. The van der Waals surface area contributed by atoms with E-state index in [4.69, 9.17) is 9.47 Å². The summed E-state index contributed by atoms with van der Waals surface area (Å²) in [6, 6.07) is 4.99. The summed E-state index contributed by atoms with van der Waals surface area (Å²) in [5, 5.41) is 16.0. The first-order valence-corrected chi connectivity index (χ1v) is 6.51. The van der Waals surface area contributed by atoms with Gasteiger partial charge >= 0.3 is 0 Å². The molecule has 20 heavy (non-hydrogen) atoms. The number of benzene rings is 1. The molecule has 2 rings (SSSR count). The molecule has 1 atom stereocenters. The average Bonchev–Trinajstić information content (AvgIpc) is 2.91. The van der Waals surface area contributed by atoms with E-state index in [1.54, 1.807) is 25.3 Å². The van der Waals surface area contributed by atoms with E-state index in [9.17, 15) is 9.90 Å². The van der Waals surface area contributed by atoms with Crippen molar-refractivity contribution in [2.45, 2.75) is 12.0 Å². The van der Waals surface area contributed by atoms with Gasteiger partial charge in [0.25, 0.3) is 5.91 Å². The third kappa shape index (κ3) is 3.20. The summed E-state index contributed by atoms with van der Waals surface area (Å²) in [5.41, 5.74) is -0.446. The number of ether oxygens (including phenoxy) is 2. The van der Waals surface area contributed by atoms with Crippen molar-refractivity contribution >= 4 is 5.91 Å². The maximum atomic E-state index is 12.2. The minimum atomic E-state index is -0.866. The van der Waals surface area contributed by atoms with Crippen LogP contribution in [0.5, 0.6) is 11.5 Å². The fourth-order valence-corrected chi connectivity index (χ4v) is 2.21. The Balaban J connectivity index is 2.05. The molecule has 1 aliphatic heterocycles. The van der Waals surface area contributed by atoms with Crippen molar-refractivity contribution in [2.24, 2.45) is 0 Å². The number of nitrogens with one attached hydrogen (secondary N) is 2. The lowest BCUT2D eigenvalue weighted by Crippen LogP contribution is -2.44. The van der Waals surface area contributed by atoms with Gasteiger partial charge in [0, 0.05) is 19.2 Å². The van der Waals surface area contributed by atoms with Crippen LogP contribution in [0.15, 0.2) is 18.2 Å². The van der Waals surface area contributed by atoms with Crippen molar-refractivity contribution in [3.05, 3.63) is 23.8 Å². The fourth-order valence-electron chi connectivity index (χ4n) is 2.21. The first-order valence-electron chi connectivity index (χ1n) is 6.51. The molecule has 0 aliphatic carbocycles. The van der Waals surface area contributed by atoms with Crippen LogP contribution in [0, 0.1) is 0 Å². The molecule has 6 heteroatoms. The summed E-state index contributed by atoms with van der Waals surface area (Å²) in [6.45, 7) is 1.47. The second kappa shape index (κ2) is 6.11. The van der Waals surface area contributed by atoms with Gasteiger partial charge in [0.15, 0.2) is 0 Å². The summed E-state index contributed by atoms with van der Waals surface area (Å²) in [4.78, 5) is 12.2. The van der Waals surface area contributed by atoms with Gasteiger partial charge in [0.2, 0.25) is 0 Å². The number of carbonyl (C=O) groups is 1. The Kier molecular flexibility index (Phi) is 4.46. The quantitative estimate of drug-likeness (QED) is 0.716. The van der Waals surface area contributed by atoms with Crippen molar-refractivity contribution in [1.29, 1.82) is 0 Å². The van der Waals surface area contributed by atoms with Crippen molar-refractivity contribution in [3.63, 3.8) is 0 Å². The topological polar surface area (TPSA) is 79.8 Å². The van der Waals surface area contributed by atoms with Gasteiger partial charge in [-0.25, -0.2) is 0 Å². The van der Waals surface area contributed by atoms with Crippen LogP contribution in [0.4, 0.5) is 0 Å². The van der Waals surface area contributed by atoms with Crippen LogP contribution >= 0.6 is 0 Å². The van der Waals surface area contributed by atoms with E-state index < -0.39 is 5.60 Å². The number of rotatable bonds is 5. The Hall–Kier alpha value is -1.79. The second-order valence-corrected chi connectivity index (χ2v) is 4.90. The highest BCUT2D eigenvalue weighted by molar-refractivity contribution is 5.97. The Bertz CT molecular complexity index is 484. The average molecular weight is 280 g/mol. The molecule has 1 saturated heterocycles. The predicted molar refractivity (Wildman–Crippen MR) is 74.3 cm³/mol. The Morgan fingerprint density at radius 1 is 1.45 bits per heavy atom. The van der Waals surface area contributed by atoms with E-state index in [1.165, 1.54) is 7.11 Å². The number of hydrogen-bond donors (Lipinski definition) is 3. The van der Waals surface area contributed by atoms with Crippen molar-refractivity contribution < 1.29 is 19.4 Å². The third-order valence-electron chi connectivity index (χ3n) is 3.45. The zero-order valence-corrected chi connectivity index (χ0v) is 11.7. The number of amides is 1. The van der Waals surface area contributed by atoms with Crippen molar-refractivity contribution in [3.8, 4) is 11.5 Å². The van der Waals surface area contributed by atoms with Crippen LogP contribution in [0.3, 0.4) is 0 Å². The molecule has 1 unspecified atom stereocenters. The van der Waals surface area contributed by atoms with E-state index >= 15 is 0 Å². The molecular weight excluding hydrogens is 260 g/mol. The molecule has 6 nitrogen and oxygen atoms in total. The summed E-state index contributed by atoms with van der Waals surface area (Å²) >= 11 is 0. The van der Waals surface area contributed by atoms with Crippen LogP contribution in [0.1, 0.15) is 16.8 Å². The molecule has 0 saturated carbocycles. The smallest absolute Gasteiger partial charge is 0.255 e. The number of aliphatic hydroxyl groups is 1. The Morgan fingerprint density at radius 2 is 2.25 bits per heavy atom. The van der Waals surface area contributed by atoms with Gasteiger partial charge < -0.3 is 25.2 Å². The number of hydrogen-bond acceptors (Lipinski definition) is 5. The molecular formula is C14H20N2O4. The van der Waals surface area contributed by atoms with Gasteiger partial charge in [-0.2, -0.15) is 0 Å². The van der Waals surface area contributed by atoms with Gasteiger partial charge in [0.1, 0.15) is 11.5 Å². The number of methoxy groups -OCH3 is 2. The van der Waals surface area contributed by atoms with E-state index in [-0.39, 0.29) is 12.5 Å². The summed E-state index contributed by atoms with van der Waals surface area (Å²) < 4.78 is 10.3. The highest BCUT2D eigenvalue weighted by atomic mass is 16.5. The minimum Gasteiger partial charge on any atom is -0.497 e. The van der Waals surface area contributed by atoms with Gasteiger partial charge in [-0.3, -0.25) is 4.79 Å². The molecule has 1 fully saturated rings. The van der Waals surface area contributed by atoms with Crippen LogP contribution < -0.4 is 20.1 Å². The molecule has 110 valence electrons. The van der Waals surface area contributed by atoms with Gasteiger partial charge in [-0.15, -0.1) is 0 Å². The lowest BCUT2D eigenvalue weighted by atomic mass is 10.0. The maximum Gasteiger partial charge on any atom is 0.255 e. The summed E-state index contributed by atoms with van der Waals surface area (Å²) in [7, 11) is 3.05. The van der Waals surface area contributed by atoms with Crippen molar-refractivity contribution in [1.82, 2.24) is 10.6 Å². The molecule has 0 radical (unpaired) electrons. The fraction of sp³-hybridized carbons (Fsp3) is 0.500. The van der Waals surface area contributed by atoms with Crippen LogP contribution in [0.2, 0.25) is 0 Å². The van der Waals surface area contributed by atoms with E-state index in [2.05, 4.69) is 10.6 Å². The summed E-state index contributed by atoms with van der Waals surface area (Å²) in [5.74, 6) is 0.792. The molecule has 1 aromatic rings. The zero-order chi connectivity index (χ0) is 14.6. The Labute approximate surface area is 118 Å². The second-order valence-electron chi connectivity index (χ2n) is 4.90. The van der Waals surface area contributed by atoms with E-state index in [0.717, 1.165) is 6.54 Å². The van der Waals surface area contributed by atoms with Crippen LogP contribution in [-0.2, 0) is 0 Å². The number of carbonyl (C=O) groups excluding carboxylic acids is 1. The minimum absolute atomic E-state index is 0.216. The van der Waals surface area contributed by atoms with Gasteiger partial charge in [0.05, 0.1) is 25.4 Å². The third-order valence-corrected chi connectivity index (χ3v) is 3.45. The summed E-state index contributed by atoms with van der Waals surface area (Å²) in [6.07, 6.45) is 0.632. The normalized spacial score (nSPS) is 21.6. The lowest BCUT2D eigenvalue weighted by Gasteiger charge is -2.21. The van der Waals surface area contributed by atoms with Gasteiger partial charge in [-0.1, -0.05) is 0 Å². The Morgan fingerprint density at radius 3 is 2.85 bits per heavy atom. The van der Waals surface area contributed by atoms with Crippen molar-refractivity contribution in [2.75, 3.05) is 33.9 Å². The highest BCUT2D eigenvalue weighted by Gasteiger charge is 2.31. The molecule has 0 bridgehead atoms. The molecule has 1 aromatic carbocycles. The first-order chi connectivity index (χ1) is 9.58. The largest absolute Gasteiger partial charge is 0.497 e. The zero-order valence-electron chi connectivity index (χ0n) is 11.7. The van der Waals surface area contributed by atoms with Crippen LogP contribution in [0.25, 0.3) is 0 Å². The SMILES string of the molecule is COc1ccc(C(=O)NCC2(O)CCNC2)c(OC)c1. The number of β-amino-alcohol motifs (C(OH)–C–C–N with tert-alkyl or cyclic N) is 1. The lowest BCUT2D eigenvalue weighted by molar-refractivity contribution is 0.0561. The van der Waals surface area contributed by atoms with E-state index in [0.29, 0.717) is 30.0 Å². The van der Waals surface area contributed by atoms with Crippen LogP contribution in [-0.4, -0.2) is 50.5 Å². The molecule has 0 aromatic heterocycles. The molecule has 1 amide bonds.